The molecule has 5 rings (SSSR count). The minimum atomic E-state index is -1.16. The van der Waals surface area contributed by atoms with Crippen molar-refractivity contribution in [2.24, 2.45) is 35.5 Å². The Kier molecular flexibility index (Phi) is 9.80. The molecular formula is C30H39BrClNO10. The zero-order chi connectivity index (χ0) is 31.2. The number of methoxy groups -OCH3 is 3. The maximum atomic E-state index is 13.8. The van der Waals surface area contributed by atoms with Crippen LogP contribution in [0.15, 0.2) is 34.3 Å². The minimum Gasteiger partial charge on any atom is -0.459 e. The third kappa shape index (κ3) is 5.52. The number of carbonyl (C=O) groups is 2. The predicted molar refractivity (Wildman–Crippen MR) is 157 cm³/mol. The Morgan fingerprint density at radius 1 is 1.21 bits per heavy atom. The molecule has 1 spiro atoms. The van der Waals surface area contributed by atoms with Gasteiger partial charge >= 0.3 is 11.9 Å². The van der Waals surface area contributed by atoms with E-state index in [2.05, 4.69) is 20.9 Å². The van der Waals surface area contributed by atoms with E-state index in [0.29, 0.717) is 4.47 Å². The first-order chi connectivity index (χ1) is 20.5. The Bertz CT molecular complexity index is 1250. The van der Waals surface area contributed by atoms with Crippen LogP contribution in [-0.4, -0.2) is 104 Å². The van der Waals surface area contributed by atoms with E-state index in [1.165, 1.54) is 27.4 Å². The Morgan fingerprint density at radius 3 is 2.56 bits per heavy atom. The molecule has 238 valence electrons. The molecule has 11 nitrogen and oxygen atoms in total. The van der Waals surface area contributed by atoms with Gasteiger partial charge in [0, 0.05) is 50.9 Å². The molecule has 4 aliphatic rings. The number of cyclic esters (lactones) is 1. The van der Waals surface area contributed by atoms with Crippen molar-refractivity contribution in [3.63, 3.8) is 0 Å². The highest BCUT2D eigenvalue weighted by molar-refractivity contribution is 9.10. The van der Waals surface area contributed by atoms with E-state index in [1.807, 2.05) is 32.1 Å². The summed E-state index contributed by atoms with van der Waals surface area (Å²) in [6.45, 7) is 3.88. The van der Waals surface area contributed by atoms with Crippen LogP contribution in [0.25, 0.3) is 0 Å². The maximum Gasteiger partial charge on any atom is 0.355 e. The zero-order valence-corrected chi connectivity index (χ0v) is 27.0. The number of ether oxygens (including phenoxy) is 6. The molecule has 0 amide bonds. The second-order valence-electron chi connectivity index (χ2n) is 11.9. The van der Waals surface area contributed by atoms with E-state index in [0.717, 1.165) is 5.57 Å². The molecule has 43 heavy (non-hydrogen) atoms. The predicted octanol–water partition coefficient (Wildman–Crippen LogP) is 2.93. The highest BCUT2D eigenvalue weighted by atomic mass is 79.9. The molecule has 1 aromatic rings. The summed E-state index contributed by atoms with van der Waals surface area (Å²) in [5, 5.41) is 23.2. The van der Waals surface area contributed by atoms with Gasteiger partial charge in [0.1, 0.15) is 40.9 Å². The van der Waals surface area contributed by atoms with Gasteiger partial charge in [0.15, 0.2) is 0 Å². The van der Waals surface area contributed by atoms with Crippen LogP contribution in [0.2, 0.25) is 5.15 Å². The van der Waals surface area contributed by atoms with E-state index < -0.39 is 77.6 Å². The number of aromatic amines is 1. The lowest BCUT2D eigenvalue weighted by Crippen LogP contribution is -2.59. The number of halogens is 2. The number of hydrogen-bond donors (Lipinski definition) is 3. The van der Waals surface area contributed by atoms with Crippen LogP contribution in [0.4, 0.5) is 0 Å². The van der Waals surface area contributed by atoms with E-state index in [9.17, 15) is 19.8 Å². The zero-order valence-electron chi connectivity index (χ0n) is 24.7. The molecule has 3 heterocycles. The summed E-state index contributed by atoms with van der Waals surface area (Å²) in [7, 11) is 4.49. The van der Waals surface area contributed by atoms with Crippen LogP contribution >= 0.6 is 27.5 Å². The first-order valence-corrected chi connectivity index (χ1v) is 15.5. The fraction of sp³-hybridized carbons (Fsp3) is 0.667. The summed E-state index contributed by atoms with van der Waals surface area (Å²) in [4.78, 5) is 29.9. The van der Waals surface area contributed by atoms with Crippen molar-refractivity contribution in [2.45, 2.75) is 50.0 Å². The number of esters is 2. The standard InChI is InChI=1S/C30H39BrClNO10/c1-13-8-14(2)30-18(16(10-38-3)28(36)41-24(13)21(34)12-40-5)7-6-15-22(30)23(35)17(11-39-4)25(26(15)43-30)42-29(37)20-9-19(31)27(32)33-20/h6-9,13,15-18,21-26,33-35H,10-12H2,1-5H3/b14-8+/t13-,15-,16-,17-,18-,21-,22+,23-,24+,25-,26-,30+/m1/s1. The summed E-state index contributed by atoms with van der Waals surface area (Å²) in [5.41, 5.74) is -0.233. The highest BCUT2D eigenvalue weighted by Gasteiger charge is 2.71. The lowest BCUT2D eigenvalue weighted by molar-refractivity contribution is -0.173. The lowest BCUT2D eigenvalue weighted by atomic mass is 9.56. The van der Waals surface area contributed by atoms with Crippen molar-refractivity contribution in [3.05, 3.63) is 45.2 Å². The van der Waals surface area contributed by atoms with Crippen LogP contribution in [-0.2, 0) is 33.2 Å². The van der Waals surface area contributed by atoms with Gasteiger partial charge in [-0.3, -0.25) is 4.79 Å². The van der Waals surface area contributed by atoms with Crippen molar-refractivity contribution in [3.8, 4) is 0 Å². The van der Waals surface area contributed by atoms with E-state index in [4.69, 9.17) is 40.0 Å². The van der Waals surface area contributed by atoms with Gasteiger partial charge in [0.2, 0.25) is 0 Å². The number of carbonyl (C=O) groups excluding carboxylic acids is 2. The van der Waals surface area contributed by atoms with Crippen molar-refractivity contribution < 1.29 is 48.2 Å². The van der Waals surface area contributed by atoms with Crippen LogP contribution in [0.5, 0.6) is 0 Å². The molecule has 3 N–H and O–H groups in total. The molecule has 0 radical (unpaired) electrons. The van der Waals surface area contributed by atoms with Gasteiger partial charge in [-0.25, -0.2) is 4.79 Å². The SMILES string of the molecule is COC[C@@H]1[C@@H](O)[C@@H]2[C@H]3C=C[C@@H]4[C@@H](COC)C(=O)O[C@H]([C@H](O)COC)[C@H](C)/C=C(\C)[C@@]24O[C@H]3[C@@H]1OC(=O)c1cc(Br)c(Cl)[nH]1. The molecule has 1 aromatic heterocycles. The first kappa shape index (κ1) is 32.6. The maximum absolute atomic E-state index is 13.8. The average molecular weight is 689 g/mol. The van der Waals surface area contributed by atoms with Crippen LogP contribution in [0, 0.1) is 35.5 Å². The number of hydrogen-bond acceptors (Lipinski definition) is 10. The largest absolute Gasteiger partial charge is 0.459 e. The Balaban J connectivity index is 1.60. The molecule has 0 aromatic carbocycles. The molecule has 1 saturated heterocycles. The number of aliphatic hydroxyl groups excluding tert-OH is 2. The lowest BCUT2D eigenvalue weighted by Gasteiger charge is -2.49. The highest BCUT2D eigenvalue weighted by Crippen LogP contribution is 2.62. The van der Waals surface area contributed by atoms with Crippen LogP contribution in [0.3, 0.4) is 0 Å². The summed E-state index contributed by atoms with van der Waals surface area (Å²) in [5.74, 6) is -4.47. The molecule has 2 fully saturated rings. The second kappa shape index (κ2) is 12.9. The monoisotopic (exact) mass is 687 g/mol. The third-order valence-electron chi connectivity index (χ3n) is 9.45. The smallest absolute Gasteiger partial charge is 0.355 e. The van der Waals surface area contributed by atoms with Crippen LogP contribution < -0.4 is 0 Å². The molecule has 1 saturated carbocycles. The normalized spacial score (nSPS) is 40.4. The van der Waals surface area contributed by atoms with E-state index in [1.54, 1.807) is 0 Å². The molecule has 12 atom stereocenters. The number of nitrogens with one attached hydrogen (secondary N) is 1. The van der Waals surface area contributed by atoms with E-state index >= 15 is 0 Å². The van der Waals surface area contributed by atoms with Gasteiger partial charge in [-0.2, -0.15) is 0 Å². The van der Waals surface area contributed by atoms with Crippen molar-refractivity contribution in [1.29, 1.82) is 0 Å². The molecule has 0 unspecified atom stereocenters. The third-order valence-corrected chi connectivity index (χ3v) is 10.6. The Morgan fingerprint density at radius 2 is 1.93 bits per heavy atom. The van der Waals surface area contributed by atoms with Gasteiger partial charge < -0.3 is 43.6 Å². The fourth-order valence-electron chi connectivity index (χ4n) is 7.70. The number of rotatable bonds is 9. The van der Waals surface area contributed by atoms with Crippen molar-refractivity contribution in [1.82, 2.24) is 4.98 Å². The number of H-pyrrole nitrogens is 1. The Hall–Kier alpha value is -1.77. The number of aromatic nitrogens is 1. The topological polar surface area (TPSA) is 146 Å². The molecule has 4 bridgehead atoms. The summed E-state index contributed by atoms with van der Waals surface area (Å²) in [6.07, 6.45) is 1.31. The second-order valence-corrected chi connectivity index (χ2v) is 13.1. The Labute approximate surface area is 263 Å². The average Bonchev–Trinajstić information content (AvgIpc) is 3.40. The van der Waals surface area contributed by atoms with Crippen molar-refractivity contribution in [2.75, 3.05) is 41.2 Å². The van der Waals surface area contributed by atoms with Gasteiger partial charge in [-0.15, -0.1) is 0 Å². The minimum absolute atomic E-state index is 0.0189. The summed E-state index contributed by atoms with van der Waals surface area (Å²) >= 11 is 9.41. The molecule has 2 aliphatic carbocycles. The van der Waals surface area contributed by atoms with Gasteiger partial charge in [-0.1, -0.05) is 36.8 Å². The van der Waals surface area contributed by atoms with Gasteiger partial charge in [0.25, 0.3) is 0 Å². The van der Waals surface area contributed by atoms with Crippen molar-refractivity contribution >= 4 is 39.5 Å². The fourth-order valence-corrected chi connectivity index (χ4v) is 8.18. The van der Waals surface area contributed by atoms with Gasteiger partial charge in [0.05, 0.1) is 36.3 Å². The van der Waals surface area contributed by atoms with Crippen LogP contribution in [0.1, 0.15) is 24.3 Å². The quantitative estimate of drug-likeness (QED) is 0.262. The van der Waals surface area contributed by atoms with Gasteiger partial charge in [-0.05, 0) is 34.5 Å². The molecular weight excluding hydrogens is 650 g/mol. The first-order valence-electron chi connectivity index (χ1n) is 14.3. The summed E-state index contributed by atoms with van der Waals surface area (Å²) < 4.78 is 35.7. The summed E-state index contributed by atoms with van der Waals surface area (Å²) in [6, 6.07) is 1.53. The van der Waals surface area contributed by atoms with E-state index in [-0.39, 0.29) is 36.6 Å². The molecule has 13 heteroatoms. The molecule has 2 aliphatic heterocycles. The number of aliphatic hydroxyl groups is 2.